The number of rotatable bonds is 8. The van der Waals surface area contributed by atoms with E-state index in [2.05, 4.69) is 218 Å². The Labute approximate surface area is 361 Å². The van der Waals surface area contributed by atoms with Gasteiger partial charge in [0.2, 0.25) is 0 Å². The van der Waals surface area contributed by atoms with E-state index in [1.807, 2.05) is 18.2 Å². The highest BCUT2D eigenvalue weighted by Gasteiger charge is 2.15. The fraction of sp³-hybridized carbons (Fsp3) is 0. The van der Waals surface area contributed by atoms with Gasteiger partial charge in [0.05, 0.1) is 22.6 Å². The van der Waals surface area contributed by atoms with Crippen LogP contribution in [0.1, 0.15) is 0 Å². The number of nitrogens with zero attached hydrogens (tertiary/aromatic N) is 3. The predicted molar refractivity (Wildman–Crippen MR) is 258 cm³/mol. The molecular weight excluding hydrogens is 751 g/mol. The molecule has 62 heavy (non-hydrogen) atoms. The molecule has 9 aromatic carbocycles. The first-order valence-electron chi connectivity index (χ1n) is 21.0. The van der Waals surface area contributed by atoms with Gasteiger partial charge < -0.3 is 0 Å². The van der Waals surface area contributed by atoms with Crippen LogP contribution in [0.5, 0.6) is 0 Å². The van der Waals surface area contributed by atoms with Crippen LogP contribution in [0, 0.1) is 0 Å². The molecule has 0 aliphatic rings. The second-order valence-electron chi connectivity index (χ2n) is 15.6. The number of hydrogen-bond acceptors (Lipinski definition) is 3. The van der Waals surface area contributed by atoms with Crippen molar-refractivity contribution in [2.75, 3.05) is 0 Å². The van der Waals surface area contributed by atoms with Gasteiger partial charge in [-0.2, -0.15) is 0 Å². The van der Waals surface area contributed by atoms with Gasteiger partial charge in [-0.25, -0.2) is 15.0 Å². The lowest BCUT2D eigenvalue weighted by Gasteiger charge is -2.14. The normalized spacial score (nSPS) is 11.2. The highest BCUT2D eigenvalue weighted by atomic mass is 14.9. The quantitative estimate of drug-likeness (QED) is 0.144. The molecule has 0 fully saturated rings. The van der Waals surface area contributed by atoms with Crippen molar-refractivity contribution in [3.05, 3.63) is 237 Å². The van der Waals surface area contributed by atoms with E-state index in [-0.39, 0.29) is 0 Å². The Hall–Kier alpha value is -8.27. The second kappa shape index (κ2) is 16.1. The third-order valence-corrected chi connectivity index (χ3v) is 11.7. The van der Waals surface area contributed by atoms with Crippen LogP contribution in [0.4, 0.5) is 0 Å². The zero-order valence-electron chi connectivity index (χ0n) is 33.9. The summed E-state index contributed by atoms with van der Waals surface area (Å²) in [5, 5.41) is 3.56. The lowest BCUT2D eigenvalue weighted by atomic mass is 9.92. The van der Waals surface area contributed by atoms with Crippen LogP contribution in [0.25, 0.3) is 111 Å². The van der Waals surface area contributed by atoms with E-state index >= 15 is 0 Å². The number of hydrogen-bond donors (Lipinski definition) is 0. The Bertz CT molecular complexity index is 3240. The van der Waals surface area contributed by atoms with Crippen molar-refractivity contribution in [2.45, 2.75) is 0 Å². The minimum Gasteiger partial charge on any atom is -0.248 e. The van der Waals surface area contributed by atoms with Gasteiger partial charge in [0.1, 0.15) is 0 Å². The summed E-state index contributed by atoms with van der Waals surface area (Å²) in [6, 6.07) is 83.5. The Kier molecular flexibility index (Phi) is 9.53. The highest BCUT2D eigenvalue weighted by molar-refractivity contribution is 6.14. The van der Waals surface area contributed by atoms with Crippen LogP contribution < -0.4 is 0 Å². The zero-order chi connectivity index (χ0) is 41.2. The molecule has 11 rings (SSSR count). The maximum Gasteiger partial charge on any atom is 0.160 e. The largest absolute Gasteiger partial charge is 0.248 e. The van der Waals surface area contributed by atoms with E-state index in [0.29, 0.717) is 5.82 Å². The molecule has 0 saturated carbocycles. The summed E-state index contributed by atoms with van der Waals surface area (Å²) in [5.41, 5.74) is 17.1. The zero-order valence-corrected chi connectivity index (χ0v) is 33.9. The minimum absolute atomic E-state index is 0.688. The van der Waals surface area contributed by atoms with Crippen molar-refractivity contribution < 1.29 is 0 Å². The first-order valence-corrected chi connectivity index (χ1v) is 21.0. The lowest BCUT2D eigenvalue weighted by Crippen LogP contribution is -1.96. The van der Waals surface area contributed by atoms with Gasteiger partial charge >= 0.3 is 0 Å². The number of aromatic nitrogens is 3. The molecule has 0 amide bonds. The van der Waals surface area contributed by atoms with Crippen molar-refractivity contribution in [3.63, 3.8) is 0 Å². The van der Waals surface area contributed by atoms with Crippen LogP contribution in [-0.4, -0.2) is 15.0 Å². The summed E-state index contributed by atoms with van der Waals surface area (Å²) in [6.45, 7) is 0. The Morgan fingerprint density at radius 1 is 0.242 bits per heavy atom. The fourth-order valence-corrected chi connectivity index (χ4v) is 8.47. The molecule has 0 spiro atoms. The molecule has 290 valence electrons. The van der Waals surface area contributed by atoms with Gasteiger partial charge in [0.25, 0.3) is 0 Å². The van der Waals surface area contributed by atoms with E-state index in [0.717, 1.165) is 72.5 Å². The van der Waals surface area contributed by atoms with Crippen molar-refractivity contribution in [1.29, 1.82) is 0 Å². The van der Waals surface area contributed by atoms with Crippen LogP contribution >= 0.6 is 0 Å². The summed E-state index contributed by atoms with van der Waals surface area (Å²) in [7, 11) is 0. The van der Waals surface area contributed by atoms with Gasteiger partial charge in [0, 0.05) is 27.6 Å². The summed E-state index contributed by atoms with van der Waals surface area (Å²) < 4.78 is 0. The molecule has 0 aliphatic carbocycles. The maximum absolute atomic E-state index is 5.19. The van der Waals surface area contributed by atoms with Gasteiger partial charge in [0.15, 0.2) is 5.82 Å². The van der Waals surface area contributed by atoms with Crippen LogP contribution in [0.2, 0.25) is 0 Å². The molecule has 0 bridgehead atoms. The van der Waals surface area contributed by atoms with Gasteiger partial charge in [-0.3, -0.25) is 0 Å². The van der Waals surface area contributed by atoms with E-state index in [4.69, 9.17) is 15.0 Å². The van der Waals surface area contributed by atoms with Gasteiger partial charge in [-0.1, -0.05) is 212 Å². The molecule has 0 radical (unpaired) electrons. The number of fused-ring (bicyclic) bond motifs is 3. The number of benzene rings is 9. The van der Waals surface area contributed by atoms with E-state index in [1.165, 1.54) is 33.0 Å². The molecule has 0 saturated heterocycles. The van der Waals surface area contributed by atoms with Crippen molar-refractivity contribution >= 4 is 21.7 Å². The molecule has 0 unspecified atom stereocenters. The van der Waals surface area contributed by atoms with Crippen LogP contribution in [0.3, 0.4) is 0 Å². The standard InChI is InChI=1S/C59H39N3/c1-4-13-40(14-5-1)42-23-29-47(30-24-42)56-39-57(62-59(61-56)49-33-27-43(28-34-49)41-15-6-2-7-16-41)48-31-25-44(26-32-48)50-20-12-21-51(37-50)53-38-55(46-18-8-3-9-19-46)60-54-36-35-45-17-10-11-22-52(45)58(53)54/h1-39H. The molecule has 0 N–H and O–H groups in total. The lowest BCUT2D eigenvalue weighted by molar-refractivity contribution is 1.18. The monoisotopic (exact) mass is 789 g/mol. The average molecular weight is 790 g/mol. The third-order valence-electron chi connectivity index (χ3n) is 11.7. The highest BCUT2D eigenvalue weighted by Crippen LogP contribution is 2.39. The first-order chi connectivity index (χ1) is 30.7. The summed E-state index contributed by atoms with van der Waals surface area (Å²) in [6.07, 6.45) is 0. The van der Waals surface area contributed by atoms with Gasteiger partial charge in [-0.05, 0) is 79.5 Å². The molecule has 3 heteroatoms. The minimum atomic E-state index is 0.688. The predicted octanol–water partition coefficient (Wildman–Crippen LogP) is 15.5. The molecule has 3 nitrogen and oxygen atoms in total. The second-order valence-corrected chi connectivity index (χ2v) is 15.6. The van der Waals surface area contributed by atoms with E-state index in [1.54, 1.807) is 0 Å². The first kappa shape index (κ1) is 36.8. The SMILES string of the molecule is c1ccc(-c2ccc(-c3cc(-c4ccc(-c5cccc(-c6cc(-c7ccccc7)nc7ccc8ccccc8c67)c5)cc4)nc(-c4ccc(-c5ccccc5)cc4)n3)cc2)cc1. The summed E-state index contributed by atoms with van der Waals surface area (Å²) >= 11 is 0. The Morgan fingerprint density at radius 3 is 1.26 bits per heavy atom. The van der Waals surface area contributed by atoms with Gasteiger partial charge in [-0.15, -0.1) is 0 Å². The Morgan fingerprint density at radius 2 is 0.661 bits per heavy atom. The fourth-order valence-electron chi connectivity index (χ4n) is 8.47. The van der Waals surface area contributed by atoms with E-state index in [9.17, 15) is 0 Å². The topological polar surface area (TPSA) is 38.7 Å². The summed E-state index contributed by atoms with van der Waals surface area (Å²) in [5.74, 6) is 0.688. The number of pyridine rings is 1. The molecule has 11 aromatic rings. The van der Waals surface area contributed by atoms with E-state index < -0.39 is 0 Å². The molecule has 2 aromatic heterocycles. The summed E-state index contributed by atoms with van der Waals surface area (Å²) in [4.78, 5) is 15.5. The van der Waals surface area contributed by atoms with Crippen molar-refractivity contribution in [2.24, 2.45) is 0 Å². The Balaban J connectivity index is 0.974. The average Bonchev–Trinajstić information content (AvgIpc) is 3.37. The molecule has 2 heterocycles. The van der Waals surface area contributed by atoms with Crippen LogP contribution in [0.15, 0.2) is 237 Å². The smallest absolute Gasteiger partial charge is 0.160 e. The maximum atomic E-state index is 5.19. The van der Waals surface area contributed by atoms with Crippen molar-refractivity contribution in [3.8, 4) is 89.7 Å². The third kappa shape index (κ3) is 7.23. The molecule has 0 aliphatic heterocycles. The molecule has 0 atom stereocenters. The van der Waals surface area contributed by atoms with Crippen molar-refractivity contribution in [1.82, 2.24) is 15.0 Å². The van der Waals surface area contributed by atoms with Crippen LogP contribution in [-0.2, 0) is 0 Å². The molecular formula is C59H39N3.